The van der Waals surface area contributed by atoms with E-state index in [-0.39, 0.29) is 51.7 Å². The zero-order valence-electron chi connectivity index (χ0n) is 45.6. The van der Waals surface area contributed by atoms with Crippen molar-refractivity contribution in [1.29, 1.82) is 0 Å². The summed E-state index contributed by atoms with van der Waals surface area (Å²) < 4.78 is 30.4. The monoisotopic (exact) mass is 1080 g/mol. The number of carbonyl (C=O) groups is 5. The number of carbonyl (C=O) groups excluding carboxylic acids is 5. The Morgan fingerprint density at radius 3 is 2.10 bits per heavy atom. The highest BCUT2D eigenvalue weighted by molar-refractivity contribution is 5.98. The lowest BCUT2D eigenvalue weighted by Crippen LogP contribution is -2.57. The summed E-state index contributed by atoms with van der Waals surface area (Å²) in [4.78, 5) is 92.6. The van der Waals surface area contributed by atoms with Crippen LogP contribution in [0.5, 0.6) is 0 Å². The molecule has 0 spiro atoms. The van der Waals surface area contributed by atoms with Gasteiger partial charge in [0.1, 0.15) is 17.7 Å². The fraction of sp³-hybridized carbons (Fsp3) is 0.576. The van der Waals surface area contributed by atoms with Crippen LogP contribution >= 0.6 is 0 Å². The van der Waals surface area contributed by atoms with Crippen LogP contribution in [-0.4, -0.2) is 185 Å². The summed E-state index contributed by atoms with van der Waals surface area (Å²) >= 11 is 0. The predicted molar refractivity (Wildman–Crippen MR) is 295 cm³/mol. The molecule has 2 saturated carbocycles. The van der Waals surface area contributed by atoms with Crippen LogP contribution in [-0.2, 0) is 20.8 Å². The first-order valence-corrected chi connectivity index (χ1v) is 28.6. The lowest BCUT2D eigenvalue weighted by molar-refractivity contribution is -0.137. The Hall–Kier alpha value is -6.15. The third-order valence-corrected chi connectivity index (χ3v) is 16.8. The molecular weight excluding hydrogens is 999 g/mol. The quantitative estimate of drug-likeness (QED) is 0.146. The van der Waals surface area contributed by atoms with E-state index in [1.54, 1.807) is 40.1 Å². The summed E-state index contributed by atoms with van der Waals surface area (Å²) in [5, 5.41) is 14.4. The highest BCUT2D eigenvalue weighted by Crippen LogP contribution is 2.31. The van der Waals surface area contributed by atoms with Gasteiger partial charge in [0.25, 0.3) is 17.4 Å². The first kappa shape index (κ1) is 58.0. The standard InChI is InChI=1S/C57H72F2N10O6.C2H6.H2O/c58-44-32-42(41-9-6-18-69(36-41)51(70)34-60-45-13-14-45)31-43(33-44)54(72)61-53(40-7-2-1-3-8-40)57(75)68-23-21-65(22-24-68)35-38-16-19-64(20-17-38)37-52(71)66-25-27-67(28-26-66)56(74)48-29-39(12-15-49(48)59)30-50-46-10-4-5-11-47(46)55(73)63-62-50;1-2;/h4-5,10-12,15,29,31-33,38,40-41,45,53,60H,1-3,6-9,13-14,16-28,30,34-37H2,(H,61,72)(H,63,73);1-2H3;1H2. The molecule has 6 aliphatic rings. The van der Waals surface area contributed by atoms with Gasteiger partial charge in [-0.3, -0.25) is 38.6 Å². The van der Waals surface area contributed by atoms with E-state index in [2.05, 4.69) is 30.6 Å². The minimum Gasteiger partial charge on any atom is -0.412 e. The molecule has 19 heteroatoms. The molecule has 5 amide bonds. The molecule has 2 aliphatic carbocycles. The number of hydrogen-bond donors (Lipinski definition) is 3. The highest BCUT2D eigenvalue weighted by Gasteiger charge is 2.37. The van der Waals surface area contributed by atoms with Crippen molar-refractivity contribution in [2.24, 2.45) is 11.8 Å². The molecule has 422 valence electrons. The minimum atomic E-state index is -0.690. The van der Waals surface area contributed by atoms with Gasteiger partial charge in [-0.2, -0.15) is 5.10 Å². The molecule has 2 atom stereocenters. The van der Waals surface area contributed by atoms with Gasteiger partial charge in [-0.05, 0) is 124 Å². The summed E-state index contributed by atoms with van der Waals surface area (Å²) in [5.41, 5.74) is 1.90. The van der Waals surface area contributed by atoms with Crippen molar-refractivity contribution >= 4 is 40.3 Å². The van der Waals surface area contributed by atoms with E-state index in [9.17, 15) is 28.8 Å². The molecule has 0 bridgehead atoms. The molecule has 2 unspecified atom stereocenters. The van der Waals surface area contributed by atoms with Crippen molar-refractivity contribution in [3.63, 3.8) is 0 Å². The second-order valence-electron chi connectivity index (χ2n) is 22.0. The van der Waals surface area contributed by atoms with Crippen molar-refractivity contribution in [2.75, 3.05) is 98.2 Å². The molecule has 5 N–H and O–H groups in total. The number of hydrogen-bond acceptors (Lipinski definition) is 10. The summed E-state index contributed by atoms with van der Waals surface area (Å²) in [7, 11) is 0. The lowest BCUT2D eigenvalue weighted by Gasteiger charge is -2.41. The number of piperidine rings is 2. The van der Waals surface area contributed by atoms with Gasteiger partial charge in [0, 0.05) is 101 Å². The maximum Gasteiger partial charge on any atom is 0.272 e. The maximum atomic E-state index is 15.3. The molecule has 5 heterocycles. The molecule has 10 rings (SSSR count). The number of rotatable bonds is 15. The van der Waals surface area contributed by atoms with Crippen molar-refractivity contribution in [2.45, 2.75) is 109 Å². The molecule has 78 heavy (non-hydrogen) atoms. The summed E-state index contributed by atoms with van der Waals surface area (Å²) in [6.07, 6.45) is 10.9. The zero-order chi connectivity index (χ0) is 54.0. The summed E-state index contributed by atoms with van der Waals surface area (Å²) in [6, 6.07) is 15.9. The Kier molecular flexibility index (Phi) is 20.2. The van der Waals surface area contributed by atoms with Crippen LogP contribution in [0.2, 0.25) is 0 Å². The Bertz CT molecular complexity index is 2780. The van der Waals surface area contributed by atoms with Gasteiger partial charge in [0.2, 0.25) is 17.7 Å². The molecule has 0 radical (unpaired) electrons. The zero-order valence-corrected chi connectivity index (χ0v) is 45.6. The van der Waals surface area contributed by atoms with Crippen LogP contribution in [0, 0.1) is 23.5 Å². The van der Waals surface area contributed by atoms with E-state index in [4.69, 9.17) is 0 Å². The largest absolute Gasteiger partial charge is 0.412 e. The van der Waals surface area contributed by atoms with Gasteiger partial charge in [0.05, 0.1) is 29.7 Å². The number of amides is 5. The van der Waals surface area contributed by atoms with Gasteiger partial charge >= 0.3 is 0 Å². The number of nitrogens with one attached hydrogen (secondary N) is 3. The second-order valence-corrected chi connectivity index (χ2v) is 22.0. The van der Waals surface area contributed by atoms with Gasteiger partial charge in [0.15, 0.2) is 0 Å². The van der Waals surface area contributed by atoms with Gasteiger partial charge in [-0.1, -0.05) is 57.4 Å². The third kappa shape index (κ3) is 14.6. The van der Waals surface area contributed by atoms with E-state index in [0.717, 1.165) is 103 Å². The number of fused-ring (bicyclic) bond motifs is 1. The second kappa shape index (κ2) is 27.1. The Morgan fingerprint density at radius 2 is 1.38 bits per heavy atom. The molecule has 1 aromatic heterocycles. The molecule has 4 aromatic rings. The van der Waals surface area contributed by atoms with Crippen LogP contribution in [0.4, 0.5) is 8.78 Å². The molecular formula is C59H80F2N10O7. The summed E-state index contributed by atoms with van der Waals surface area (Å²) in [5.74, 6) is -1.56. The Morgan fingerprint density at radius 1 is 0.692 bits per heavy atom. The SMILES string of the molecule is CC.O.O=C(NC(C(=O)N1CCN(CC2CCN(CC(=O)N3CCN(C(=O)c4cc(Cc5n[nH]c(=O)c6ccccc56)ccc4F)CC3)CC2)CC1)C1CCCCC1)c1cc(F)cc(C2CCCN(C(=O)CNC3CC3)C2)c1. The first-order valence-electron chi connectivity index (χ1n) is 28.6. The van der Waals surface area contributed by atoms with Crippen molar-refractivity contribution in [1.82, 2.24) is 50.2 Å². The van der Waals surface area contributed by atoms with Crippen LogP contribution in [0.15, 0.2) is 65.5 Å². The van der Waals surface area contributed by atoms with E-state index in [1.807, 2.05) is 35.8 Å². The third-order valence-electron chi connectivity index (χ3n) is 16.8. The smallest absolute Gasteiger partial charge is 0.272 e. The first-order chi connectivity index (χ1) is 37.4. The van der Waals surface area contributed by atoms with Crippen molar-refractivity contribution in [3.8, 4) is 0 Å². The van der Waals surface area contributed by atoms with E-state index in [0.29, 0.717) is 111 Å². The van der Waals surface area contributed by atoms with Crippen molar-refractivity contribution < 1.29 is 38.2 Å². The maximum absolute atomic E-state index is 15.3. The fourth-order valence-electron chi connectivity index (χ4n) is 12.2. The average Bonchev–Trinajstić information content (AvgIpc) is 4.35. The van der Waals surface area contributed by atoms with Gasteiger partial charge in [-0.25, -0.2) is 13.9 Å². The van der Waals surface area contributed by atoms with E-state index in [1.165, 1.54) is 18.2 Å². The van der Waals surface area contributed by atoms with Crippen LogP contribution in [0.25, 0.3) is 10.8 Å². The number of aromatic amines is 1. The van der Waals surface area contributed by atoms with Gasteiger partial charge in [-0.15, -0.1) is 0 Å². The Balaban J connectivity index is 0.00000265. The molecule has 4 aliphatic heterocycles. The normalized spacial score (nSPS) is 20.3. The summed E-state index contributed by atoms with van der Waals surface area (Å²) in [6.45, 7) is 12.3. The molecule has 3 aromatic carbocycles. The van der Waals surface area contributed by atoms with Crippen LogP contribution in [0.1, 0.15) is 128 Å². The molecule has 6 fully saturated rings. The molecule has 4 saturated heterocycles. The number of benzene rings is 3. The molecule has 17 nitrogen and oxygen atoms in total. The van der Waals surface area contributed by atoms with Crippen LogP contribution < -0.4 is 16.2 Å². The topological polar surface area (TPSA) is 206 Å². The number of piperazine rings is 2. The average molecular weight is 1080 g/mol. The van der Waals surface area contributed by atoms with Crippen molar-refractivity contribution in [3.05, 3.63) is 111 Å². The Labute approximate surface area is 456 Å². The minimum absolute atomic E-state index is 0. The fourth-order valence-corrected chi connectivity index (χ4v) is 12.2. The predicted octanol–water partition coefficient (Wildman–Crippen LogP) is 4.97. The number of aromatic nitrogens is 2. The lowest BCUT2D eigenvalue weighted by atomic mass is 9.83. The number of likely N-dealkylation sites (tertiary alicyclic amines) is 2. The van der Waals surface area contributed by atoms with E-state index >= 15 is 8.78 Å². The highest BCUT2D eigenvalue weighted by atomic mass is 19.1. The van der Waals surface area contributed by atoms with E-state index < -0.39 is 29.5 Å². The van der Waals surface area contributed by atoms with Gasteiger partial charge < -0.3 is 35.7 Å². The number of H-pyrrole nitrogens is 1. The van der Waals surface area contributed by atoms with Crippen LogP contribution in [0.3, 0.4) is 0 Å². The number of halogens is 2. The number of nitrogens with zero attached hydrogens (tertiary/aromatic N) is 7.